The summed E-state index contributed by atoms with van der Waals surface area (Å²) in [6, 6.07) is 8.81. The number of aromatic nitrogens is 3. The first kappa shape index (κ1) is 17.1. The van der Waals surface area contributed by atoms with Gasteiger partial charge in [0.15, 0.2) is 5.65 Å². The summed E-state index contributed by atoms with van der Waals surface area (Å²) in [5.74, 6) is -0.0311. The Morgan fingerprint density at radius 3 is 2.69 bits per heavy atom. The minimum Gasteiger partial charge on any atom is -0.294 e. The van der Waals surface area contributed by atoms with Crippen LogP contribution in [0.25, 0.3) is 5.65 Å². The largest absolute Gasteiger partial charge is 0.294 e. The van der Waals surface area contributed by atoms with E-state index >= 15 is 0 Å². The molecule has 1 amide bonds. The van der Waals surface area contributed by atoms with Crippen LogP contribution < -0.4 is 5.32 Å². The highest BCUT2D eigenvalue weighted by Crippen LogP contribution is 2.26. The zero-order chi connectivity index (χ0) is 18.1. The normalized spacial score (nSPS) is 16.8. The summed E-state index contributed by atoms with van der Waals surface area (Å²) in [4.78, 5) is 12.5. The molecule has 4 heterocycles. The number of piperidine rings is 1. The molecule has 0 unspecified atom stereocenters. The van der Waals surface area contributed by atoms with Crippen molar-refractivity contribution >= 4 is 38.9 Å². The molecular weight excluding hydrogens is 374 g/mol. The number of rotatable bonds is 4. The molecule has 1 N–H and O–H groups in total. The Bertz CT molecular complexity index is 1020. The fraction of sp³-hybridized carbons (Fsp3) is 0.312. The van der Waals surface area contributed by atoms with Crippen LogP contribution in [0.2, 0.25) is 0 Å². The lowest BCUT2D eigenvalue weighted by Crippen LogP contribution is -2.41. The maximum absolute atomic E-state index is 12.5. The molecular formula is C16H17N5O3S2. The Labute approximate surface area is 154 Å². The molecule has 3 aromatic heterocycles. The fourth-order valence-corrected chi connectivity index (χ4v) is 5.65. The van der Waals surface area contributed by atoms with E-state index in [0.717, 1.165) is 0 Å². The predicted molar refractivity (Wildman–Crippen MR) is 97.4 cm³/mol. The molecule has 4 rings (SSSR count). The lowest BCUT2D eigenvalue weighted by molar-refractivity contribution is -0.121. The van der Waals surface area contributed by atoms with Crippen LogP contribution in [0.3, 0.4) is 0 Å². The molecule has 0 bridgehead atoms. The minimum absolute atomic E-state index is 0.156. The molecule has 0 aromatic carbocycles. The molecule has 1 aliphatic rings. The van der Waals surface area contributed by atoms with Crippen LogP contribution >= 0.6 is 11.3 Å². The van der Waals surface area contributed by atoms with Gasteiger partial charge in [-0.1, -0.05) is 12.1 Å². The number of pyridine rings is 1. The van der Waals surface area contributed by atoms with E-state index in [1.165, 1.54) is 15.6 Å². The average Bonchev–Trinajstić information content (AvgIpc) is 3.33. The van der Waals surface area contributed by atoms with Crippen LogP contribution in [0.5, 0.6) is 0 Å². The van der Waals surface area contributed by atoms with Crippen molar-refractivity contribution in [3.8, 4) is 0 Å². The van der Waals surface area contributed by atoms with E-state index in [2.05, 4.69) is 15.5 Å². The van der Waals surface area contributed by atoms with Crippen molar-refractivity contribution in [2.24, 2.45) is 5.92 Å². The quantitative estimate of drug-likeness (QED) is 0.732. The van der Waals surface area contributed by atoms with Crippen molar-refractivity contribution in [3.63, 3.8) is 0 Å². The summed E-state index contributed by atoms with van der Waals surface area (Å²) in [6.07, 6.45) is 2.74. The van der Waals surface area contributed by atoms with E-state index < -0.39 is 10.0 Å². The number of thiophene rings is 1. The molecule has 0 saturated carbocycles. The second-order valence-electron chi connectivity index (χ2n) is 6.05. The highest BCUT2D eigenvalue weighted by molar-refractivity contribution is 7.91. The molecule has 0 atom stereocenters. The first-order chi connectivity index (χ1) is 12.6. The number of nitrogens with zero attached hydrogens (tertiary/aromatic N) is 4. The molecule has 1 fully saturated rings. The zero-order valence-corrected chi connectivity index (χ0v) is 15.4. The molecule has 26 heavy (non-hydrogen) atoms. The summed E-state index contributed by atoms with van der Waals surface area (Å²) in [6.45, 7) is 0.664. The number of hydrogen-bond donors (Lipinski definition) is 1. The maximum atomic E-state index is 12.5. The van der Waals surface area contributed by atoms with Gasteiger partial charge in [0.05, 0.1) is 0 Å². The Kier molecular flexibility index (Phi) is 4.47. The van der Waals surface area contributed by atoms with E-state index in [-0.39, 0.29) is 11.8 Å². The van der Waals surface area contributed by atoms with Crippen LogP contribution in [0.4, 0.5) is 5.95 Å². The van der Waals surface area contributed by atoms with Gasteiger partial charge in [0.1, 0.15) is 4.21 Å². The van der Waals surface area contributed by atoms with E-state index in [4.69, 9.17) is 0 Å². The van der Waals surface area contributed by atoms with Crippen molar-refractivity contribution in [1.29, 1.82) is 0 Å². The number of amides is 1. The molecule has 8 nitrogen and oxygen atoms in total. The zero-order valence-electron chi connectivity index (χ0n) is 13.8. The number of sulfonamides is 1. The number of carbonyl (C=O) groups is 1. The van der Waals surface area contributed by atoms with Crippen LogP contribution in [0.1, 0.15) is 12.8 Å². The third-order valence-corrected chi connectivity index (χ3v) is 7.73. The van der Waals surface area contributed by atoms with Gasteiger partial charge in [0.2, 0.25) is 11.9 Å². The monoisotopic (exact) mass is 391 g/mol. The van der Waals surface area contributed by atoms with Crippen molar-refractivity contribution < 1.29 is 13.2 Å². The SMILES string of the molecule is O=C(Nc1nnc2ccccn12)C1CCN(S(=O)(=O)c2cccs2)CC1. The van der Waals surface area contributed by atoms with Crippen LogP contribution in [-0.4, -0.2) is 46.3 Å². The van der Waals surface area contributed by atoms with E-state index in [1.54, 1.807) is 34.2 Å². The number of anilines is 1. The second kappa shape index (κ2) is 6.78. The summed E-state index contributed by atoms with van der Waals surface area (Å²) in [5.41, 5.74) is 0.652. The second-order valence-corrected chi connectivity index (χ2v) is 9.16. The van der Waals surface area contributed by atoms with Gasteiger partial charge < -0.3 is 0 Å². The van der Waals surface area contributed by atoms with E-state index in [0.29, 0.717) is 41.7 Å². The van der Waals surface area contributed by atoms with E-state index in [1.807, 2.05) is 12.1 Å². The van der Waals surface area contributed by atoms with E-state index in [9.17, 15) is 13.2 Å². The Morgan fingerprint density at radius 1 is 1.15 bits per heavy atom. The highest BCUT2D eigenvalue weighted by Gasteiger charge is 2.32. The van der Waals surface area contributed by atoms with Gasteiger partial charge in [0, 0.05) is 25.2 Å². The van der Waals surface area contributed by atoms with Gasteiger partial charge in [-0.2, -0.15) is 4.31 Å². The molecule has 1 saturated heterocycles. The lowest BCUT2D eigenvalue weighted by Gasteiger charge is -2.29. The number of nitrogens with one attached hydrogen (secondary N) is 1. The molecule has 0 aliphatic carbocycles. The summed E-state index contributed by atoms with van der Waals surface area (Å²) in [7, 11) is -3.45. The summed E-state index contributed by atoms with van der Waals surface area (Å²) in [5, 5.41) is 12.5. The first-order valence-corrected chi connectivity index (χ1v) is 10.5. The van der Waals surface area contributed by atoms with Gasteiger partial charge in [-0.25, -0.2) is 8.42 Å². The van der Waals surface area contributed by atoms with Crippen LogP contribution in [-0.2, 0) is 14.8 Å². The third-order valence-electron chi connectivity index (χ3n) is 4.46. The summed E-state index contributed by atoms with van der Waals surface area (Å²) < 4.78 is 28.6. The third kappa shape index (κ3) is 3.11. The topological polar surface area (TPSA) is 96.7 Å². The standard InChI is InChI=1S/C16H17N5O3S2/c22-15(17-16-19-18-13-4-1-2-8-21(13)16)12-6-9-20(10-7-12)26(23,24)14-5-3-11-25-14/h1-5,8,11-12H,6-7,9-10H2,(H,17,19,22). The first-order valence-electron chi connectivity index (χ1n) is 8.20. The van der Waals surface area contributed by atoms with Gasteiger partial charge in [-0.15, -0.1) is 21.5 Å². The van der Waals surface area contributed by atoms with Crippen molar-refractivity contribution in [3.05, 3.63) is 41.9 Å². The molecule has 1 aliphatic heterocycles. The van der Waals surface area contributed by atoms with Crippen molar-refractivity contribution in [2.45, 2.75) is 17.1 Å². The number of hydrogen-bond acceptors (Lipinski definition) is 6. The smallest absolute Gasteiger partial charge is 0.252 e. The minimum atomic E-state index is -3.45. The van der Waals surface area contributed by atoms with Crippen molar-refractivity contribution in [1.82, 2.24) is 18.9 Å². The molecule has 136 valence electrons. The molecule has 0 radical (unpaired) electrons. The highest BCUT2D eigenvalue weighted by atomic mass is 32.2. The lowest BCUT2D eigenvalue weighted by atomic mass is 9.97. The van der Waals surface area contributed by atoms with Crippen LogP contribution in [0, 0.1) is 5.92 Å². The van der Waals surface area contributed by atoms with Gasteiger partial charge >= 0.3 is 0 Å². The van der Waals surface area contributed by atoms with Gasteiger partial charge in [-0.3, -0.25) is 14.5 Å². The molecule has 0 spiro atoms. The Hall–Kier alpha value is -2.30. The van der Waals surface area contributed by atoms with Crippen molar-refractivity contribution in [2.75, 3.05) is 18.4 Å². The van der Waals surface area contributed by atoms with Crippen LogP contribution in [0.15, 0.2) is 46.1 Å². The number of fused-ring (bicyclic) bond motifs is 1. The Morgan fingerprint density at radius 2 is 1.96 bits per heavy atom. The van der Waals surface area contributed by atoms with Gasteiger partial charge in [0.25, 0.3) is 10.0 Å². The fourth-order valence-electron chi connectivity index (χ4n) is 3.03. The molecule has 10 heteroatoms. The summed E-state index contributed by atoms with van der Waals surface area (Å²) >= 11 is 1.21. The Balaban J connectivity index is 1.41. The van der Waals surface area contributed by atoms with Gasteiger partial charge in [-0.05, 0) is 36.4 Å². The maximum Gasteiger partial charge on any atom is 0.252 e. The average molecular weight is 391 g/mol. The molecule has 3 aromatic rings. The predicted octanol–water partition coefficient (Wildman–Crippen LogP) is 1.83. The number of carbonyl (C=O) groups excluding carboxylic acids is 1.